The van der Waals surface area contributed by atoms with E-state index in [1.165, 1.54) is 0 Å². The van der Waals surface area contributed by atoms with Crippen LogP contribution in [0.1, 0.15) is 140 Å². The van der Waals surface area contributed by atoms with Gasteiger partial charge in [0.2, 0.25) is 88.6 Å². The first-order chi connectivity index (χ1) is 54.4. The van der Waals surface area contributed by atoms with E-state index in [-0.39, 0.29) is 147 Å². The molecule has 2 aromatic rings. The molecule has 0 radical (unpaired) electrons. The monoisotopic (exact) mass is 1600 g/mol. The largest absolute Gasteiger partial charge is 0.391 e. The van der Waals surface area contributed by atoms with Crippen LogP contribution in [0.2, 0.25) is 0 Å². The molecule has 12 atom stereocenters. The molecule has 4 rings (SSSR count). The van der Waals surface area contributed by atoms with Gasteiger partial charge in [-0.15, -0.1) is 0 Å². The molecule has 41 heteroatoms. The molecule has 0 saturated carbocycles. The molecule has 114 heavy (non-hydrogen) atoms. The zero-order chi connectivity index (χ0) is 84.1. The van der Waals surface area contributed by atoms with E-state index >= 15 is 0 Å². The van der Waals surface area contributed by atoms with Crippen molar-refractivity contribution in [2.24, 2.45) is 61.8 Å². The lowest BCUT2D eigenvalue weighted by Gasteiger charge is -2.27. The molecule has 15 amide bonds. The molecular weight excluding hydrogens is 1480 g/mol. The number of benzene rings is 2. The first kappa shape index (κ1) is 94.9. The molecule has 2 aliphatic heterocycles. The van der Waals surface area contributed by atoms with Crippen LogP contribution < -0.4 is 120 Å². The molecule has 2 heterocycles. The number of aliphatic imine (C=N–C) groups is 2. The summed E-state index contributed by atoms with van der Waals surface area (Å²) in [4.78, 5) is 231. The van der Waals surface area contributed by atoms with Gasteiger partial charge in [0.15, 0.2) is 17.7 Å². The van der Waals surface area contributed by atoms with Crippen LogP contribution in [0.4, 0.5) is 0 Å². The molecule has 0 spiro atoms. The van der Waals surface area contributed by atoms with Gasteiger partial charge in [0.1, 0.15) is 48.3 Å². The highest BCUT2D eigenvalue weighted by atomic mass is 16.3. The highest BCUT2D eigenvalue weighted by Gasteiger charge is 2.38. The average Bonchev–Trinajstić information content (AvgIpc) is 1.12. The minimum absolute atomic E-state index is 0.00838. The van der Waals surface area contributed by atoms with Crippen molar-refractivity contribution in [3.8, 4) is 0 Å². The number of nitrogens with zero attached hydrogens (tertiary/aromatic N) is 2. The number of guanidine groups is 2. The number of aliphatic hydroxyl groups excluding tert-OH is 1. The van der Waals surface area contributed by atoms with E-state index in [0.29, 0.717) is 24.8 Å². The lowest BCUT2D eigenvalue weighted by atomic mass is 9.90. The number of nitrogens with one attached hydrogen (secondary N) is 14. The zero-order valence-corrected chi connectivity index (χ0v) is 64.4. The van der Waals surface area contributed by atoms with Crippen molar-refractivity contribution in [1.29, 1.82) is 0 Å². The summed E-state index contributed by atoms with van der Waals surface area (Å²) >= 11 is 0. The Labute approximate surface area is 660 Å². The Balaban J connectivity index is 1.68. The van der Waals surface area contributed by atoms with E-state index in [0.717, 1.165) is 12.5 Å². The van der Waals surface area contributed by atoms with Crippen molar-refractivity contribution in [2.75, 3.05) is 58.9 Å². The third-order valence-electron chi connectivity index (χ3n) is 18.4. The number of aliphatic hydroxyl groups is 1. The zero-order valence-electron chi connectivity index (χ0n) is 64.4. The molecule has 630 valence electrons. The van der Waals surface area contributed by atoms with Crippen molar-refractivity contribution in [2.45, 2.75) is 208 Å². The predicted octanol–water partition coefficient (Wildman–Crippen LogP) is -8.30. The maximum Gasteiger partial charge on any atom is 0.245 e. The normalized spacial score (nSPS) is 21.3. The highest BCUT2D eigenvalue weighted by Crippen LogP contribution is 2.20. The Bertz CT molecular complexity index is 3600. The first-order valence-corrected chi connectivity index (χ1v) is 38.3. The number of amides is 15. The standard InChI is InChI=1S/C73H116N24O17/c1-42(98)61(97-70(113)53(35-44-20-6-3-7-21-44)90-59(103)40-86-58(102)39-87-64(107)46(76)34-43-18-4-2-5-19-43)71(114)88-41-60(104)89-48-25-11-15-31-82-56(100)37-52(62(77)105)95-68(111)49(24-9-13-29-75)92-67(110)51(27-17-33-85-73(80)81)94-69(112)54-38-57(101)83-30-14-10-22-45(63(106)96-54)36-55(99)47(23-8-12-28-74)91-66(109)50(93-65(48)108)26-16-32-84-72(78)79/h2-7,18-21,42,45-54,61,98H,8-17,22-41,74-76H2,1H3,(H2,77,105)(H,82,100)(H,83,101)(H,86,102)(H,87,107)(H,88,114)(H,89,104)(H,90,103)(H,91,109)(H,92,110)(H,93,108)(H,94,112)(H,95,111)(H,96,106)(H,97,113)(H4,78,79,84)(H4,80,81,85)/t42-,45+,46+,47+,48+,49+,50+,51+,52+,53+,54+,61+/m1/s1. The fourth-order valence-corrected chi connectivity index (χ4v) is 12.1. The Morgan fingerprint density at radius 2 is 0.974 bits per heavy atom. The second kappa shape index (κ2) is 52.0. The van der Waals surface area contributed by atoms with Gasteiger partial charge in [-0.3, -0.25) is 86.7 Å². The summed E-state index contributed by atoms with van der Waals surface area (Å²) in [5.41, 5.74) is 47.1. The first-order valence-electron chi connectivity index (χ1n) is 38.3. The number of hydrogen-bond donors (Lipinski definition) is 23. The summed E-state index contributed by atoms with van der Waals surface area (Å²) in [6, 6.07) is 2.27. The summed E-state index contributed by atoms with van der Waals surface area (Å²) in [5, 5.41) is 46.4. The topological polar surface area (TPSA) is 695 Å². The SMILES string of the molecule is C[C@@H](O)[C@H](NC(=O)[C@H](Cc1ccccc1)NC(=O)CNC(=O)CNC(=O)[C@@H](N)Cc1ccccc1)C(=O)NCC(=O)N[C@H]1CCCCNC(=O)C[C@@H](C(N)=O)NC(=O)[C@H](CCCCN)NC(=O)[C@H](CCCN=C(N)N)NC(=O)[C@@H]2CC(=O)NCCCC[C@@H](CC(=O)[C@H](CCCCN)NC(=O)[C@H](CCCN=C(N)N)NC1=O)C(=O)N2. The van der Waals surface area contributed by atoms with Crippen LogP contribution in [0, 0.1) is 5.92 Å². The molecule has 0 aliphatic carbocycles. The second-order valence-electron chi connectivity index (χ2n) is 27.9. The summed E-state index contributed by atoms with van der Waals surface area (Å²) in [5.74, 6) is -16.1. The number of unbranched alkanes of at least 4 members (excludes halogenated alkanes) is 2. The fourth-order valence-electron chi connectivity index (χ4n) is 12.1. The van der Waals surface area contributed by atoms with Crippen LogP contribution in [0.15, 0.2) is 70.6 Å². The van der Waals surface area contributed by atoms with E-state index in [9.17, 15) is 81.8 Å². The van der Waals surface area contributed by atoms with Gasteiger partial charge in [-0.1, -0.05) is 67.1 Å². The Hall–Kier alpha value is -11.5. The van der Waals surface area contributed by atoms with Gasteiger partial charge in [0, 0.05) is 44.9 Å². The summed E-state index contributed by atoms with van der Waals surface area (Å²) in [6.07, 6.45) is -2.22. The van der Waals surface area contributed by atoms with Crippen LogP contribution in [-0.2, 0) is 89.6 Å². The molecule has 2 saturated heterocycles. The minimum atomic E-state index is -1.80. The van der Waals surface area contributed by atoms with Crippen LogP contribution in [0.3, 0.4) is 0 Å². The lowest BCUT2D eigenvalue weighted by Crippen LogP contribution is -2.59. The number of carbonyl (C=O) groups is 16. The molecule has 0 unspecified atom stereocenters. The number of hydrogen-bond acceptors (Lipinski definition) is 22. The van der Waals surface area contributed by atoms with Crippen LogP contribution in [0.5, 0.6) is 0 Å². The van der Waals surface area contributed by atoms with Gasteiger partial charge in [-0.25, -0.2) is 0 Å². The maximum absolute atomic E-state index is 14.8. The van der Waals surface area contributed by atoms with Gasteiger partial charge >= 0.3 is 0 Å². The number of nitrogens with two attached hydrogens (primary N) is 8. The van der Waals surface area contributed by atoms with Crippen molar-refractivity contribution < 1.29 is 81.8 Å². The fraction of sp³-hybridized carbons (Fsp3) is 0.589. The molecule has 31 N–H and O–H groups in total. The number of carbonyl (C=O) groups excluding carboxylic acids is 16. The molecular formula is C73H116N24O17. The lowest BCUT2D eigenvalue weighted by molar-refractivity contribution is -0.137. The predicted molar refractivity (Wildman–Crippen MR) is 417 cm³/mol. The second-order valence-corrected chi connectivity index (χ2v) is 27.9. The molecule has 2 bridgehead atoms. The summed E-state index contributed by atoms with van der Waals surface area (Å²) < 4.78 is 0. The smallest absolute Gasteiger partial charge is 0.245 e. The minimum Gasteiger partial charge on any atom is -0.391 e. The third-order valence-corrected chi connectivity index (χ3v) is 18.4. The van der Waals surface area contributed by atoms with Crippen LogP contribution in [-0.4, -0.2) is 237 Å². The van der Waals surface area contributed by atoms with E-state index in [2.05, 4.69) is 84.4 Å². The molecule has 41 nitrogen and oxygen atoms in total. The number of ketones is 1. The number of rotatable bonds is 34. The summed E-state index contributed by atoms with van der Waals surface area (Å²) in [6.45, 7) is -0.774. The molecule has 2 aromatic carbocycles. The Morgan fingerprint density at radius 3 is 1.53 bits per heavy atom. The van der Waals surface area contributed by atoms with Crippen LogP contribution >= 0.6 is 0 Å². The Kier molecular flexibility index (Phi) is 43.3. The van der Waals surface area contributed by atoms with Gasteiger partial charge in [0.05, 0.1) is 50.7 Å². The number of fused-ring (bicyclic) bond motifs is 3. The third kappa shape index (κ3) is 37.2. The van der Waals surface area contributed by atoms with E-state index in [4.69, 9.17) is 45.9 Å². The number of Topliss-reactive ketones (excluding diaryl/α,β-unsaturated/α-hetero) is 1. The van der Waals surface area contributed by atoms with Crippen molar-refractivity contribution in [3.63, 3.8) is 0 Å². The quantitative estimate of drug-likeness (QED) is 0.0176. The van der Waals surface area contributed by atoms with Crippen molar-refractivity contribution in [1.82, 2.24) is 74.4 Å². The van der Waals surface area contributed by atoms with E-state index < -0.39 is 206 Å². The molecule has 2 fully saturated rings. The van der Waals surface area contributed by atoms with Gasteiger partial charge in [-0.05, 0) is 134 Å². The highest BCUT2D eigenvalue weighted by molar-refractivity contribution is 6.01. The average molecular weight is 1600 g/mol. The summed E-state index contributed by atoms with van der Waals surface area (Å²) in [7, 11) is 0. The van der Waals surface area contributed by atoms with Crippen molar-refractivity contribution >= 4 is 106 Å². The van der Waals surface area contributed by atoms with Gasteiger partial charge in [0.25, 0.3) is 0 Å². The van der Waals surface area contributed by atoms with Gasteiger partial charge in [-0.2, -0.15) is 0 Å². The molecule has 2 aliphatic rings. The number of primary amides is 1. The molecule has 0 aromatic heterocycles. The Morgan fingerprint density at radius 1 is 0.491 bits per heavy atom. The van der Waals surface area contributed by atoms with Crippen molar-refractivity contribution in [3.05, 3.63) is 71.8 Å². The van der Waals surface area contributed by atoms with Crippen LogP contribution in [0.25, 0.3) is 0 Å². The van der Waals surface area contributed by atoms with Gasteiger partial charge < -0.3 is 125 Å². The van der Waals surface area contributed by atoms with E-state index in [1.54, 1.807) is 60.7 Å². The maximum atomic E-state index is 14.8. The van der Waals surface area contributed by atoms with E-state index in [1.807, 2.05) is 0 Å².